The summed E-state index contributed by atoms with van der Waals surface area (Å²) in [5, 5.41) is 5.13. The summed E-state index contributed by atoms with van der Waals surface area (Å²) in [5.41, 5.74) is 0.958. The van der Waals surface area contributed by atoms with Crippen molar-refractivity contribution < 1.29 is 37.8 Å². The van der Waals surface area contributed by atoms with E-state index >= 15 is 4.39 Å². The van der Waals surface area contributed by atoms with E-state index in [1.807, 2.05) is 0 Å². The van der Waals surface area contributed by atoms with Crippen LogP contribution in [0.25, 0.3) is 0 Å². The van der Waals surface area contributed by atoms with Gasteiger partial charge in [0.2, 0.25) is 11.8 Å². The SMILES string of the molecule is COC(=O)Cc1cccc(NC(=O)NCC(=O)N2C(C(=O)N3CCCC(C)(C)C3)CC(C(=O)OC)C2c2ccccc2F)c1. The van der Waals surface area contributed by atoms with E-state index < -0.39 is 54.2 Å². The van der Waals surface area contributed by atoms with Gasteiger partial charge in [-0.05, 0) is 48.4 Å². The van der Waals surface area contributed by atoms with E-state index in [4.69, 9.17) is 4.74 Å². The van der Waals surface area contributed by atoms with Gasteiger partial charge in [-0.3, -0.25) is 19.2 Å². The quantitative estimate of drug-likeness (QED) is 0.438. The van der Waals surface area contributed by atoms with Crippen molar-refractivity contribution in [2.45, 2.75) is 51.6 Å². The van der Waals surface area contributed by atoms with Crippen LogP contribution in [0.15, 0.2) is 48.5 Å². The van der Waals surface area contributed by atoms with Gasteiger partial charge < -0.3 is 29.9 Å². The summed E-state index contributed by atoms with van der Waals surface area (Å²) in [6, 6.07) is 9.49. The van der Waals surface area contributed by atoms with Crippen molar-refractivity contribution in [3.63, 3.8) is 0 Å². The van der Waals surface area contributed by atoms with Crippen LogP contribution < -0.4 is 10.6 Å². The summed E-state index contributed by atoms with van der Waals surface area (Å²) in [6.07, 6.45) is 1.70. The first-order valence-corrected chi connectivity index (χ1v) is 14.6. The minimum atomic E-state index is -1.12. The number of likely N-dealkylation sites (tertiary alicyclic amines) is 2. The topological polar surface area (TPSA) is 134 Å². The highest BCUT2D eigenvalue weighted by molar-refractivity contribution is 5.95. The molecule has 2 saturated heterocycles. The van der Waals surface area contributed by atoms with E-state index in [1.165, 1.54) is 37.3 Å². The average molecular weight is 611 g/mol. The van der Waals surface area contributed by atoms with Crippen molar-refractivity contribution >= 4 is 35.5 Å². The van der Waals surface area contributed by atoms with Crippen molar-refractivity contribution in [1.29, 1.82) is 0 Å². The van der Waals surface area contributed by atoms with E-state index in [9.17, 15) is 24.0 Å². The number of esters is 2. The maximum absolute atomic E-state index is 15.2. The number of nitrogens with zero attached hydrogens (tertiary/aromatic N) is 2. The molecule has 0 aromatic heterocycles. The van der Waals surface area contributed by atoms with Crippen LogP contribution in [0.2, 0.25) is 0 Å². The largest absolute Gasteiger partial charge is 0.469 e. The molecule has 3 unspecified atom stereocenters. The molecule has 2 aliphatic rings. The Labute approximate surface area is 256 Å². The summed E-state index contributed by atoms with van der Waals surface area (Å²) in [6.45, 7) is 4.59. The Bertz CT molecular complexity index is 1410. The van der Waals surface area contributed by atoms with Crippen LogP contribution in [0.4, 0.5) is 14.9 Å². The normalized spacial score (nSPS) is 20.9. The van der Waals surface area contributed by atoms with Gasteiger partial charge in [0.25, 0.3) is 0 Å². The number of ether oxygens (including phenoxy) is 2. The lowest BCUT2D eigenvalue weighted by Gasteiger charge is -2.40. The third-order valence-corrected chi connectivity index (χ3v) is 8.17. The number of hydrogen-bond donors (Lipinski definition) is 2. The first kappa shape index (κ1) is 32.4. The molecule has 3 atom stereocenters. The average Bonchev–Trinajstić information content (AvgIpc) is 3.39. The molecule has 2 aromatic carbocycles. The number of hydrogen-bond acceptors (Lipinski definition) is 7. The fraction of sp³-hybridized carbons (Fsp3) is 0.469. The van der Waals surface area contributed by atoms with Gasteiger partial charge in [0.15, 0.2) is 0 Å². The molecule has 2 aliphatic heterocycles. The lowest BCUT2D eigenvalue weighted by molar-refractivity contribution is -0.148. The Morgan fingerprint density at radius 1 is 1.02 bits per heavy atom. The van der Waals surface area contributed by atoms with E-state index in [2.05, 4.69) is 29.2 Å². The minimum Gasteiger partial charge on any atom is -0.469 e. The number of halogens is 1. The number of carbonyl (C=O) groups excluding carboxylic acids is 5. The number of urea groups is 1. The van der Waals surface area contributed by atoms with Gasteiger partial charge in [-0.2, -0.15) is 0 Å². The second-order valence-corrected chi connectivity index (χ2v) is 11.9. The summed E-state index contributed by atoms with van der Waals surface area (Å²) >= 11 is 0. The molecular formula is C32H39FN4O7. The van der Waals surface area contributed by atoms with Gasteiger partial charge in [0.1, 0.15) is 11.9 Å². The molecule has 11 nitrogen and oxygen atoms in total. The smallest absolute Gasteiger partial charge is 0.319 e. The van der Waals surface area contributed by atoms with Gasteiger partial charge in [0.05, 0.1) is 39.1 Å². The summed E-state index contributed by atoms with van der Waals surface area (Å²) in [4.78, 5) is 68.2. The highest BCUT2D eigenvalue weighted by atomic mass is 19.1. The second-order valence-electron chi connectivity index (χ2n) is 11.9. The second kappa shape index (κ2) is 13.9. The fourth-order valence-corrected chi connectivity index (χ4v) is 6.12. The van der Waals surface area contributed by atoms with Crippen molar-refractivity contribution in [2.75, 3.05) is 39.2 Å². The number of rotatable bonds is 8. The highest BCUT2D eigenvalue weighted by Gasteiger charge is 2.52. The molecule has 0 radical (unpaired) electrons. The van der Waals surface area contributed by atoms with Crippen molar-refractivity contribution in [3.05, 3.63) is 65.5 Å². The van der Waals surface area contributed by atoms with Gasteiger partial charge >= 0.3 is 18.0 Å². The molecule has 4 amide bonds. The third-order valence-electron chi connectivity index (χ3n) is 8.17. The molecule has 2 heterocycles. The molecule has 0 saturated carbocycles. The molecule has 0 aliphatic carbocycles. The van der Waals surface area contributed by atoms with Crippen molar-refractivity contribution in [3.8, 4) is 0 Å². The monoisotopic (exact) mass is 610 g/mol. The Kier molecular flexibility index (Phi) is 10.2. The van der Waals surface area contributed by atoms with E-state index in [0.29, 0.717) is 24.3 Å². The van der Waals surface area contributed by atoms with Gasteiger partial charge in [-0.25, -0.2) is 9.18 Å². The minimum absolute atomic E-state index is 0.0174. The number of carbonyl (C=O) groups is 5. The van der Waals surface area contributed by atoms with Gasteiger partial charge in [0, 0.05) is 24.3 Å². The summed E-state index contributed by atoms with van der Waals surface area (Å²) in [5.74, 6) is -3.72. The molecule has 236 valence electrons. The van der Waals surface area contributed by atoms with Gasteiger partial charge in [-0.15, -0.1) is 0 Å². The number of amides is 4. The molecule has 0 bridgehead atoms. The summed E-state index contributed by atoms with van der Waals surface area (Å²) in [7, 11) is 2.49. The van der Waals surface area contributed by atoms with Crippen LogP contribution in [-0.4, -0.2) is 79.5 Å². The Hall–Kier alpha value is -4.48. The van der Waals surface area contributed by atoms with E-state index in [-0.39, 0.29) is 29.7 Å². The maximum Gasteiger partial charge on any atom is 0.319 e. The highest BCUT2D eigenvalue weighted by Crippen LogP contribution is 2.44. The molecule has 12 heteroatoms. The van der Waals surface area contributed by atoms with E-state index in [1.54, 1.807) is 35.2 Å². The third kappa shape index (κ3) is 7.53. The van der Waals surface area contributed by atoms with Crippen LogP contribution in [0.1, 0.15) is 50.3 Å². The Morgan fingerprint density at radius 2 is 1.77 bits per heavy atom. The van der Waals surface area contributed by atoms with Crippen molar-refractivity contribution in [1.82, 2.24) is 15.1 Å². The van der Waals surface area contributed by atoms with Crippen LogP contribution in [0.3, 0.4) is 0 Å². The molecule has 2 N–H and O–H groups in total. The fourth-order valence-electron chi connectivity index (χ4n) is 6.12. The molecule has 2 aromatic rings. The number of benzene rings is 2. The number of anilines is 1. The van der Waals surface area contributed by atoms with Crippen LogP contribution >= 0.6 is 0 Å². The van der Waals surface area contributed by atoms with Crippen LogP contribution in [0, 0.1) is 17.2 Å². The summed E-state index contributed by atoms with van der Waals surface area (Å²) < 4.78 is 24.9. The Balaban J connectivity index is 1.58. The number of piperidine rings is 1. The zero-order valence-corrected chi connectivity index (χ0v) is 25.4. The molecule has 4 rings (SSSR count). The van der Waals surface area contributed by atoms with Crippen LogP contribution in [-0.2, 0) is 35.1 Å². The van der Waals surface area contributed by atoms with Crippen LogP contribution in [0.5, 0.6) is 0 Å². The van der Waals surface area contributed by atoms with Gasteiger partial charge in [-0.1, -0.05) is 44.2 Å². The zero-order valence-electron chi connectivity index (χ0n) is 25.4. The van der Waals surface area contributed by atoms with E-state index in [0.717, 1.165) is 12.8 Å². The number of methoxy groups -OCH3 is 2. The lowest BCUT2D eigenvalue weighted by Crippen LogP contribution is -2.54. The first-order valence-electron chi connectivity index (χ1n) is 14.6. The molecule has 0 spiro atoms. The Morgan fingerprint density at radius 3 is 2.45 bits per heavy atom. The predicted molar refractivity (Wildman–Crippen MR) is 159 cm³/mol. The maximum atomic E-state index is 15.2. The predicted octanol–water partition coefficient (Wildman–Crippen LogP) is 3.44. The number of nitrogens with one attached hydrogen (secondary N) is 2. The lowest BCUT2D eigenvalue weighted by atomic mass is 9.84. The van der Waals surface area contributed by atoms with Crippen molar-refractivity contribution in [2.24, 2.45) is 11.3 Å². The standard InChI is InChI=1S/C32H39FN4O7/c1-32(2)13-8-14-36(19-32)29(40)25-17-23(30(41)44-4)28(22-11-5-6-12-24(22)33)37(25)26(38)18-34-31(42)35-21-10-7-9-20(15-21)16-27(39)43-3/h5-7,9-12,15,23,25,28H,8,13-14,16-19H2,1-4H3,(H2,34,35,42). The molecule has 2 fully saturated rings. The zero-order chi connectivity index (χ0) is 32.0. The molecular weight excluding hydrogens is 571 g/mol. The molecule has 44 heavy (non-hydrogen) atoms. The first-order chi connectivity index (χ1) is 20.9.